The lowest BCUT2D eigenvalue weighted by Gasteiger charge is -2.24. The molecular weight excluding hydrogens is 284 g/mol. The highest BCUT2D eigenvalue weighted by Crippen LogP contribution is 2.23. The maximum atomic E-state index is 11.9. The molecule has 22 heavy (non-hydrogen) atoms. The lowest BCUT2D eigenvalue weighted by molar-refractivity contribution is -0.385. The summed E-state index contributed by atoms with van der Waals surface area (Å²) in [6, 6.07) is 4.67. The van der Waals surface area contributed by atoms with Gasteiger partial charge in [-0.1, -0.05) is 13.0 Å². The second-order valence-electron chi connectivity index (χ2n) is 5.17. The molecule has 6 heteroatoms. The topological polar surface area (TPSA) is 72.7 Å². The number of nitro groups is 1. The van der Waals surface area contributed by atoms with E-state index in [-0.39, 0.29) is 11.5 Å². The fourth-order valence-electron chi connectivity index (χ4n) is 2.30. The van der Waals surface area contributed by atoms with E-state index in [1.807, 2.05) is 13.1 Å². The average molecular weight is 304 g/mol. The first-order valence-corrected chi connectivity index (χ1v) is 7.43. The van der Waals surface area contributed by atoms with Crippen LogP contribution in [0.25, 0.3) is 6.08 Å². The molecule has 0 unspecified atom stereocenters. The number of rotatable bonds is 6. The number of benzene rings is 1. The SMILES string of the molecule is CCCC(=O)c1ccc(/C=C/N2CCOCC2)c([N+](=O)[O-])c1. The lowest BCUT2D eigenvalue weighted by Crippen LogP contribution is -2.31. The van der Waals surface area contributed by atoms with Gasteiger partial charge in [-0.05, 0) is 18.6 Å². The molecule has 0 aromatic heterocycles. The van der Waals surface area contributed by atoms with E-state index in [0.717, 1.165) is 19.5 Å². The molecule has 1 heterocycles. The monoisotopic (exact) mass is 304 g/mol. The van der Waals surface area contributed by atoms with E-state index >= 15 is 0 Å². The molecule has 0 radical (unpaired) electrons. The van der Waals surface area contributed by atoms with Crippen molar-refractivity contribution in [1.29, 1.82) is 0 Å². The van der Waals surface area contributed by atoms with E-state index in [4.69, 9.17) is 4.74 Å². The molecule has 0 saturated carbocycles. The molecule has 0 bridgehead atoms. The third-order valence-electron chi connectivity index (χ3n) is 3.54. The Labute approximate surface area is 129 Å². The van der Waals surface area contributed by atoms with E-state index < -0.39 is 4.92 Å². The van der Waals surface area contributed by atoms with Crippen molar-refractivity contribution in [3.8, 4) is 0 Å². The molecule has 1 saturated heterocycles. The summed E-state index contributed by atoms with van der Waals surface area (Å²) in [7, 11) is 0. The Bertz CT molecular complexity index is 578. The lowest BCUT2D eigenvalue weighted by atomic mass is 10.0. The number of Topliss-reactive ketones (excluding diaryl/α,β-unsaturated/α-hetero) is 1. The maximum absolute atomic E-state index is 11.9. The first kappa shape index (κ1) is 16.2. The Morgan fingerprint density at radius 3 is 2.77 bits per heavy atom. The summed E-state index contributed by atoms with van der Waals surface area (Å²) in [4.78, 5) is 24.7. The molecule has 1 aliphatic heterocycles. The van der Waals surface area contributed by atoms with E-state index in [2.05, 4.69) is 4.90 Å². The highest BCUT2D eigenvalue weighted by molar-refractivity contribution is 5.97. The first-order valence-electron chi connectivity index (χ1n) is 7.43. The fourth-order valence-corrected chi connectivity index (χ4v) is 2.30. The van der Waals surface area contributed by atoms with Crippen LogP contribution in [0.2, 0.25) is 0 Å². The minimum Gasteiger partial charge on any atom is -0.378 e. The number of hydrogen-bond donors (Lipinski definition) is 0. The van der Waals surface area contributed by atoms with Crippen LogP contribution in [0.15, 0.2) is 24.4 Å². The standard InChI is InChI=1S/C16H20N2O4/c1-2-3-16(19)14-5-4-13(15(12-14)18(20)21)6-7-17-8-10-22-11-9-17/h4-7,12H,2-3,8-11H2,1H3/b7-6+. The average Bonchev–Trinajstić information content (AvgIpc) is 2.54. The third-order valence-corrected chi connectivity index (χ3v) is 3.54. The summed E-state index contributed by atoms with van der Waals surface area (Å²) in [6.45, 7) is 4.79. The van der Waals surface area contributed by atoms with Crippen molar-refractivity contribution in [3.63, 3.8) is 0 Å². The van der Waals surface area contributed by atoms with Crippen LogP contribution in [0.1, 0.15) is 35.7 Å². The van der Waals surface area contributed by atoms with E-state index in [1.165, 1.54) is 6.07 Å². The number of nitrogens with zero attached hydrogens (tertiary/aromatic N) is 2. The van der Waals surface area contributed by atoms with Crippen LogP contribution in [0, 0.1) is 10.1 Å². The smallest absolute Gasteiger partial charge is 0.277 e. The quantitative estimate of drug-likeness (QED) is 0.459. The number of carbonyl (C=O) groups excluding carboxylic acids is 1. The molecule has 2 rings (SSSR count). The van der Waals surface area contributed by atoms with Gasteiger partial charge in [0.25, 0.3) is 5.69 Å². The van der Waals surface area contributed by atoms with Crippen molar-refractivity contribution in [3.05, 3.63) is 45.6 Å². The van der Waals surface area contributed by atoms with Gasteiger partial charge in [-0.15, -0.1) is 0 Å². The first-order chi connectivity index (χ1) is 10.6. The molecular formula is C16H20N2O4. The van der Waals surface area contributed by atoms with Crippen molar-refractivity contribution in [1.82, 2.24) is 4.90 Å². The van der Waals surface area contributed by atoms with Crippen LogP contribution >= 0.6 is 0 Å². The third kappa shape index (κ3) is 4.14. The predicted octanol–water partition coefficient (Wildman–Crippen LogP) is 2.88. The van der Waals surface area contributed by atoms with Gasteiger partial charge in [0.1, 0.15) is 0 Å². The van der Waals surface area contributed by atoms with Crippen LogP contribution in [-0.2, 0) is 4.74 Å². The van der Waals surface area contributed by atoms with Gasteiger partial charge in [0, 0.05) is 37.3 Å². The minimum atomic E-state index is -0.443. The molecule has 6 nitrogen and oxygen atoms in total. The van der Waals surface area contributed by atoms with Gasteiger partial charge < -0.3 is 9.64 Å². The van der Waals surface area contributed by atoms with E-state index in [1.54, 1.807) is 18.2 Å². The second kappa shape index (κ2) is 7.70. The van der Waals surface area contributed by atoms with Crippen molar-refractivity contribution in [2.45, 2.75) is 19.8 Å². The number of hydrogen-bond acceptors (Lipinski definition) is 5. The summed E-state index contributed by atoms with van der Waals surface area (Å²) < 4.78 is 5.26. The second-order valence-corrected chi connectivity index (χ2v) is 5.17. The van der Waals surface area contributed by atoms with Gasteiger partial charge >= 0.3 is 0 Å². The van der Waals surface area contributed by atoms with Gasteiger partial charge in [0.05, 0.1) is 23.7 Å². The predicted molar refractivity (Wildman–Crippen MR) is 83.8 cm³/mol. The summed E-state index contributed by atoms with van der Waals surface area (Å²) in [6.07, 6.45) is 4.70. The number of ether oxygens (including phenoxy) is 1. The fraction of sp³-hybridized carbons (Fsp3) is 0.438. The molecule has 1 aliphatic rings. The minimum absolute atomic E-state index is 0.0357. The Morgan fingerprint density at radius 1 is 1.41 bits per heavy atom. The zero-order valence-electron chi connectivity index (χ0n) is 12.7. The molecule has 1 aromatic carbocycles. The normalized spacial score (nSPS) is 15.2. The Balaban J connectivity index is 2.21. The van der Waals surface area contributed by atoms with E-state index in [0.29, 0.717) is 30.8 Å². The van der Waals surface area contributed by atoms with Gasteiger partial charge in [0.2, 0.25) is 0 Å². The van der Waals surface area contributed by atoms with Crippen molar-refractivity contribution in [2.75, 3.05) is 26.3 Å². The zero-order chi connectivity index (χ0) is 15.9. The van der Waals surface area contributed by atoms with Crippen LogP contribution in [0.3, 0.4) is 0 Å². The Morgan fingerprint density at radius 2 is 2.14 bits per heavy atom. The molecule has 0 atom stereocenters. The van der Waals surface area contributed by atoms with Crippen LogP contribution in [-0.4, -0.2) is 41.9 Å². The van der Waals surface area contributed by atoms with Crippen molar-refractivity contribution in [2.24, 2.45) is 0 Å². The highest BCUT2D eigenvalue weighted by atomic mass is 16.6. The highest BCUT2D eigenvalue weighted by Gasteiger charge is 2.16. The molecule has 0 amide bonds. The molecule has 0 N–H and O–H groups in total. The van der Waals surface area contributed by atoms with Crippen LogP contribution in [0.5, 0.6) is 0 Å². The molecule has 118 valence electrons. The van der Waals surface area contributed by atoms with Gasteiger partial charge in [-0.25, -0.2) is 0 Å². The molecule has 1 aromatic rings. The van der Waals surface area contributed by atoms with Crippen molar-refractivity contribution < 1.29 is 14.5 Å². The molecule has 0 spiro atoms. The zero-order valence-corrected chi connectivity index (χ0v) is 12.7. The van der Waals surface area contributed by atoms with E-state index in [9.17, 15) is 14.9 Å². The van der Waals surface area contributed by atoms with Gasteiger partial charge in [-0.3, -0.25) is 14.9 Å². The maximum Gasteiger partial charge on any atom is 0.277 e. The van der Waals surface area contributed by atoms with Gasteiger partial charge in [0.15, 0.2) is 5.78 Å². The largest absolute Gasteiger partial charge is 0.378 e. The Kier molecular flexibility index (Phi) is 5.66. The number of ketones is 1. The number of morpholine rings is 1. The summed E-state index contributed by atoms with van der Waals surface area (Å²) in [5, 5.41) is 11.2. The van der Waals surface area contributed by atoms with Crippen LogP contribution < -0.4 is 0 Å². The van der Waals surface area contributed by atoms with Gasteiger partial charge in [-0.2, -0.15) is 0 Å². The summed E-state index contributed by atoms with van der Waals surface area (Å²) in [5.74, 6) is -0.0608. The number of carbonyl (C=O) groups is 1. The van der Waals surface area contributed by atoms with Crippen LogP contribution in [0.4, 0.5) is 5.69 Å². The number of nitro benzene ring substituents is 1. The van der Waals surface area contributed by atoms with Crippen molar-refractivity contribution >= 4 is 17.5 Å². The molecule has 1 fully saturated rings. The summed E-state index contributed by atoms with van der Waals surface area (Å²) >= 11 is 0. The Hall–Kier alpha value is -2.21. The summed E-state index contributed by atoms with van der Waals surface area (Å²) in [5.41, 5.74) is 0.869. The molecule has 0 aliphatic carbocycles.